The Balaban J connectivity index is 1.93. The Hall–Kier alpha value is -1.32. The van der Waals surface area contributed by atoms with Crippen LogP contribution in [0.4, 0.5) is 0 Å². The first kappa shape index (κ1) is 16.1. The average molecular weight is 291 g/mol. The number of aromatic nitrogens is 2. The van der Waals surface area contributed by atoms with Crippen molar-refractivity contribution in [1.29, 1.82) is 0 Å². The highest BCUT2D eigenvalue weighted by Crippen LogP contribution is 2.28. The van der Waals surface area contributed by atoms with Crippen molar-refractivity contribution >= 4 is 5.91 Å². The van der Waals surface area contributed by atoms with E-state index in [0.29, 0.717) is 5.92 Å². The molecule has 1 fully saturated rings. The molecule has 3 atom stereocenters. The highest BCUT2D eigenvalue weighted by atomic mass is 16.1. The number of carbonyl (C=O) groups is 1. The number of hydrogen-bond donors (Lipinski definition) is 1. The zero-order valence-electron chi connectivity index (χ0n) is 14.1. The number of hydrogen-bond acceptors (Lipinski definition) is 2. The molecule has 1 heterocycles. The summed E-state index contributed by atoms with van der Waals surface area (Å²) in [7, 11) is 1.93. The number of nitrogens with zero attached hydrogens (tertiary/aromatic N) is 2. The van der Waals surface area contributed by atoms with E-state index in [4.69, 9.17) is 0 Å². The second kappa shape index (κ2) is 6.63. The van der Waals surface area contributed by atoms with Gasteiger partial charge in [0, 0.05) is 24.8 Å². The second-order valence-corrected chi connectivity index (χ2v) is 6.81. The zero-order chi connectivity index (χ0) is 15.6. The molecule has 0 radical (unpaired) electrons. The van der Waals surface area contributed by atoms with Crippen molar-refractivity contribution in [2.75, 3.05) is 6.54 Å². The monoisotopic (exact) mass is 291 g/mol. The fourth-order valence-corrected chi connectivity index (χ4v) is 3.69. The van der Waals surface area contributed by atoms with Crippen molar-refractivity contribution in [1.82, 2.24) is 15.1 Å². The van der Waals surface area contributed by atoms with Gasteiger partial charge in [-0.05, 0) is 45.4 Å². The molecule has 4 nitrogen and oxygen atoms in total. The van der Waals surface area contributed by atoms with Crippen molar-refractivity contribution in [3.8, 4) is 0 Å². The van der Waals surface area contributed by atoms with E-state index in [2.05, 4.69) is 17.3 Å². The summed E-state index contributed by atoms with van der Waals surface area (Å²) in [6.45, 7) is 9.14. The first-order valence-electron chi connectivity index (χ1n) is 8.18. The van der Waals surface area contributed by atoms with Crippen LogP contribution >= 0.6 is 0 Å². The number of aryl methyl sites for hydroxylation is 2. The van der Waals surface area contributed by atoms with Crippen LogP contribution in [0.2, 0.25) is 0 Å². The molecule has 0 unspecified atom stereocenters. The van der Waals surface area contributed by atoms with Gasteiger partial charge >= 0.3 is 0 Å². The number of nitrogens with one attached hydrogen (secondary N) is 1. The van der Waals surface area contributed by atoms with Gasteiger partial charge in [0.05, 0.1) is 11.6 Å². The molecule has 4 heteroatoms. The zero-order valence-corrected chi connectivity index (χ0v) is 14.1. The van der Waals surface area contributed by atoms with Crippen molar-refractivity contribution in [3.05, 3.63) is 17.0 Å². The first-order valence-corrected chi connectivity index (χ1v) is 8.18. The summed E-state index contributed by atoms with van der Waals surface area (Å²) >= 11 is 0. The lowest BCUT2D eigenvalue weighted by Gasteiger charge is -2.27. The van der Waals surface area contributed by atoms with E-state index in [1.165, 1.54) is 25.7 Å². The van der Waals surface area contributed by atoms with Gasteiger partial charge in [0.25, 0.3) is 0 Å². The number of rotatable bonds is 4. The fraction of sp³-hybridized carbons (Fsp3) is 0.765. The summed E-state index contributed by atoms with van der Waals surface area (Å²) in [5, 5.41) is 7.57. The van der Waals surface area contributed by atoms with E-state index in [0.717, 1.165) is 29.4 Å². The molecule has 21 heavy (non-hydrogen) atoms. The topological polar surface area (TPSA) is 46.9 Å². The summed E-state index contributed by atoms with van der Waals surface area (Å²) in [6, 6.07) is 0. The van der Waals surface area contributed by atoms with Gasteiger partial charge in [0.1, 0.15) is 0 Å². The third kappa shape index (κ3) is 3.66. The molecule has 1 amide bonds. The maximum Gasteiger partial charge on any atom is 0.227 e. The van der Waals surface area contributed by atoms with E-state index >= 15 is 0 Å². The third-order valence-corrected chi connectivity index (χ3v) is 5.00. The molecule has 0 spiro atoms. The van der Waals surface area contributed by atoms with Crippen LogP contribution in [0.5, 0.6) is 0 Å². The fourth-order valence-electron chi connectivity index (χ4n) is 3.69. The Labute approximate surface area is 128 Å². The molecule has 0 saturated heterocycles. The van der Waals surface area contributed by atoms with E-state index in [1.54, 1.807) is 0 Å². The highest BCUT2D eigenvalue weighted by molar-refractivity contribution is 5.83. The van der Waals surface area contributed by atoms with Crippen molar-refractivity contribution in [3.63, 3.8) is 0 Å². The van der Waals surface area contributed by atoms with Crippen LogP contribution in [-0.2, 0) is 11.8 Å². The Kier molecular flexibility index (Phi) is 5.07. The average Bonchev–Trinajstić information content (AvgIpc) is 2.69. The molecular formula is C17H29N3O. The highest BCUT2D eigenvalue weighted by Gasteiger charge is 2.24. The molecule has 1 N–H and O–H groups in total. The van der Waals surface area contributed by atoms with Gasteiger partial charge < -0.3 is 5.32 Å². The van der Waals surface area contributed by atoms with Crippen molar-refractivity contribution < 1.29 is 4.79 Å². The Morgan fingerprint density at radius 2 is 2.14 bits per heavy atom. The number of carbonyl (C=O) groups excluding carboxylic acids is 1. The molecule has 0 bridgehead atoms. The largest absolute Gasteiger partial charge is 0.355 e. The van der Waals surface area contributed by atoms with Gasteiger partial charge in [-0.15, -0.1) is 0 Å². The standard InChI is InChI=1S/C17H29N3O/c1-11-7-6-8-15(9-11)10-18-17(21)12(2)16-13(3)19-20(5)14(16)4/h11-12,15H,6-10H2,1-5H3,(H,18,21)/t11-,12+,15+/m1/s1. The van der Waals surface area contributed by atoms with Crippen LogP contribution in [0, 0.1) is 25.7 Å². The second-order valence-electron chi connectivity index (χ2n) is 6.81. The van der Waals surface area contributed by atoms with E-state index in [9.17, 15) is 4.79 Å². The van der Waals surface area contributed by atoms with Gasteiger partial charge in [-0.2, -0.15) is 5.10 Å². The molecule has 0 aromatic carbocycles. The maximum absolute atomic E-state index is 12.4. The molecule has 0 aliphatic heterocycles. The maximum atomic E-state index is 12.4. The van der Waals surface area contributed by atoms with Crippen molar-refractivity contribution in [2.24, 2.45) is 18.9 Å². The molecule has 1 aliphatic rings. The quantitative estimate of drug-likeness (QED) is 0.926. The third-order valence-electron chi connectivity index (χ3n) is 5.00. The van der Waals surface area contributed by atoms with Gasteiger partial charge in [-0.1, -0.05) is 19.8 Å². The predicted octanol–water partition coefficient (Wildman–Crippen LogP) is 3.08. The minimum Gasteiger partial charge on any atom is -0.355 e. The van der Waals surface area contributed by atoms with Crippen LogP contribution in [0.3, 0.4) is 0 Å². The molecule has 1 saturated carbocycles. The van der Waals surface area contributed by atoms with Crippen LogP contribution in [0.15, 0.2) is 0 Å². The van der Waals surface area contributed by atoms with Crippen LogP contribution < -0.4 is 5.32 Å². The number of amides is 1. The molecule has 1 aliphatic carbocycles. The lowest BCUT2D eigenvalue weighted by atomic mass is 9.82. The van der Waals surface area contributed by atoms with E-state index < -0.39 is 0 Å². The van der Waals surface area contributed by atoms with Crippen LogP contribution in [-0.4, -0.2) is 22.2 Å². The van der Waals surface area contributed by atoms with Crippen LogP contribution in [0.25, 0.3) is 0 Å². The lowest BCUT2D eigenvalue weighted by molar-refractivity contribution is -0.122. The van der Waals surface area contributed by atoms with Gasteiger partial charge in [0.2, 0.25) is 5.91 Å². The summed E-state index contributed by atoms with van der Waals surface area (Å²) in [5.41, 5.74) is 3.12. The van der Waals surface area contributed by atoms with Gasteiger partial charge in [-0.3, -0.25) is 9.48 Å². The summed E-state index contributed by atoms with van der Waals surface area (Å²) < 4.78 is 1.86. The minimum atomic E-state index is -0.125. The van der Waals surface area contributed by atoms with Crippen molar-refractivity contribution in [2.45, 2.75) is 59.3 Å². The molecule has 1 aromatic rings. The molecule has 118 valence electrons. The van der Waals surface area contributed by atoms with E-state index in [-0.39, 0.29) is 11.8 Å². The van der Waals surface area contributed by atoms with E-state index in [1.807, 2.05) is 32.5 Å². The Morgan fingerprint density at radius 3 is 2.71 bits per heavy atom. The molecule has 2 rings (SSSR count). The lowest BCUT2D eigenvalue weighted by Crippen LogP contribution is -2.34. The SMILES string of the molecule is Cc1nn(C)c(C)c1[C@H](C)C(=O)NC[C@H]1CCC[C@@H](C)C1. The first-order chi connectivity index (χ1) is 9.90. The smallest absolute Gasteiger partial charge is 0.227 e. The van der Waals surface area contributed by atoms with Gasteiger partial charge in [0.15, 0.2) is 0 Å². The van der Waals surface area contributed by atoms with Crippen LogP contribution in [0.1, 0.15) is 62.4 Å². The van der Waals surface area contributed by atoms with Gasteiger partial charge in [-0.25, -0.2) is 0 Å². The Morgan fingerprint density at radius 1 is 1.43 bits per heavy atom. The summed E-state index contributed by atoms with van der Waals surface area (Å²) in [6.07, 6.45) is 5.15. The predicted molar refractivity (Wildman–Crippen MR) is 85.2 cm³/mol. The summed E-state index contributed by atoms with van der Waals surface area (Å²) in [5.74, 6) is 1.47. The summed E-state index contributed by atoms with van der Waals surface area (Å²) in [4.78, 5) is 12.4. The molecular weight excluding hydrogens is 262 g/mol. The normalized spacial score (nSPS) is 23.9. The Bertz CT molecular complexity index is 506. The molecule has 1 aromatic heterocycles. The minimum absolute atomic E-state index is 0.125.